The molecule has 1 amide bonds. The van der Waals surface area contributed by atoms with Gasteiger partial charge in [-0.2, -0.15) is 0 Å². The maximum Gasteiger partial charge on any atom is 0.237 e. The van der Waals surface area contributed by atoms with Crippen molar-refractivity contribution in [1.29, 1.82) is 0 Å². The molecule has 0 aliphatic rings. The van der Waals surface area contributed by atoms with E-state index in [4.69, 9.17) is 10.5 Å². The average molecular weight is 322 g/mol. The molecule has 0 saturated carbocycles. The van der Waals surface area contributed by atoms with E-state index in [1.54, 1.807) is 20.2 Å². The molecule has 0 spiro atoms. The second kappa shape index (κ2) is 8.36. The zero-order chi connectivity index (χ0) is 15.2. The number of amides is 1. The molecule has 0 fully saturated rings. The Morgan fingerprint density at radius 2 is 1.91 bits per heavy atom. The first kappa shape index (κ1) is 17.9. The lowest BCUT2D eigenvalue weighted by Crippen LogP contribution is -2.40. The highest BCUT2D eigenvalue weighted by molar-refractivity contribution is 5.85. The van der Waals surface area contributed by atoms with Crippen LogP contribution in [0.4, 0.5) is 0 Å². The number of nitrogens with zero attached hydrogens (tertiary/aromatic N) is 1. The van der Waals surface area contributed by atoms with Crippen LogP contribution in [0.5, 0.6) is 5.75 Å². The minimum absolute atomic E-state index is 0. The van der Waals surface area contributed by atoms with Crippen LogP contribution in [-0.4, -0.2) is 24.0 Å². The van der Waals surface area contributed by atoms with Crippen LogP contribution in [0.1, 0.15) is 24.2 Å². The van der Waals surface area contributed by atoms with Gasteiger partial charge in [0.2, 0.25) is 5.91 Å². The number of benzene rings is 1. The molecule has 22 heavy (non-hydrogen) atoms. The highest BCUT2D eigenvalue weighted by atomic mass is 35.5. The van der Waals surface area contributed by atoms with Gasteiger partial charge in [0.05, 0.1) is 18.8 Å². The van der Waals surface area contributed by atoms with Gasteiger partial charge >= 0.3 is 0 Å². The molecule has 1 aromatic carbocycles. The highest BCUT2D eigenvalue weighted by Gasteiger charge is 2.22. The van der Waals surface area contributed by atoms with Crippen LogP contribution in [0.3, 0.4) is 0 Å². The average Bonchev–Trinajstić information content (AvgIpc) is 2.53. The lowest BCUT2D eigenvalue weighted by molar-refractivity contribution is -0.122. The van der Waals surface area contributed by atoms with Crippen molar-refractivity contribution in [3.05, 3.63) is 59.9 Å². The first-order valence-electron chi connectivity index (χ1n) is 6.73. The van der Waals surface area contributed by atoms with E-state index in [-0.39, 0.29) is 18.3 Å². The van der Waals surface area contributed by atoms with E-state index in [1.165, 1.54) is 0 Å². The first-order chi connectivity index (χ1) is 10.1. The number of carbonyl (C=O) groups is 1. The maximum absolute atomic E-state index is 12.0. The standard InChI is InChI=1S/C16H19N3O2.ClH/c1-11(17)16(20)19-15(13-8-5-6-10-18-13)12-7-3-4-9-14(12)21-2;/h3-11,15H,17H2,1-2H3,(H,19,20);1H. The summed E-state index contributed by atoms with van der Waals surface area (Å²) in [5, 5.41) is 2.92. The van der Waals surface area contributed by atoms with Crippen molar-refractivity contribution < 1.29 is 9.53 Å². The predicted molar refractivity (Wildman–Crippen MR) is 88.1 cm³/mol. The summed E-state index contributed by atoms with van der Waals surface area (Å²) in [5.41, 5.74) is 7.22. The summed E-state index contributed by atoms with van der Waals surface area (Å²) < 4.78 is 5.38. The molecule has 2 rings (SSSR count). The monoisotopic (exact) mass is 321 g/mol. The molecule has 0 aliphatic heterocycles. The third-order valence-electron chi connectivity index (χ3n) is 3.13. The van der Waals surface area contributed by atoms with Gasteiger partial charge in [0, 0.05) is 11.8 Å². The summed E-state index contributed by atoms with van der Waals surface area (Å²) in [4.78, 5) is 16.3. The van der Waals surface area contributed by atoms with Crippen LogP contribution in [-0.2, 0) is 4.79 Å². The van der Waals surface area contributed by atoms with Gasteiger partial charge in [-0.3, -0.25) is 9.78 Å². The van der Waals surface area contributed by atoms with Gasteiger partial charge in [0.1, 0.15) is 11.8 Å². The van der Waals surface area contributed by atoms with Crippen LogP contribution in [0.25, 0.3) is 0 Å². The molecule has 1 aromatic heterocycles. The fourth-order valence-electron chi connectivity index (χ4n) is 2.04. The Balaban J connectivity index is 0.00000242. The molecular formula is C16H20ClN3O2. The molecular weight excluding hydrogens is 302 g/mol. The minimum Gasteiger partial charge on any atom is -0.496 e. The maximum atomic E-state index is 12.0. The van der Waals surface area contributed by atoms with Crippen molar-refractivity contribution in [3.8, 4) is 5.75 Å². The number of rotatable bonds is 5. The second-order valence-electron chi connectivity index (χ2n) is 4.73. The SMILES string of the molecule is COc1ccccc1C(NC(=O)C(C)N)c1ccccn1.Cl. The van der Waals surface area contributed by atoms with Gasteiger partial charge in [-0.1, -0.05) is 24.3 Å². The van der Waals surface area contributed by atoms with Gasteiger partial charge in [0.25, 0.3) is 0 Å². The summed E-state index contributed by atoms with van der Waals surface area (Å²) in [5.74, 6) is 0.453. The summed E-state index contributed by atoms with van der Waals surface area (Å²) in [6.45, 7) is 1.65. The molecule has 0 bridgehead atoms. The van der Waals surface area contributed by atoms with E-state index in [0.717, 1.165) is 11.3 Å². The molecule has 1 heterocycles. The van der Waals surface area contributed by atoms with E-state index in [0.29, 0.717) is 5.75 Å². The van der Waals surface area contributed by atoms with E-state index in [9.17, 15) is 4.79 Å². The predicted octanol–water partition coefficient (Wildman–Crippen LogP) is 2.06. The van der Waals surface area contributed by atoms with E-state index in [2.05, 4.69) is 10.3 Å². The number of methoxy groups -OCH3 is 1. The van der Waals surface area contributed by atoms with Gasteiger partial charge in [-0.25, -0.2) is 0 Å². The third kappa shape index (κ3) is 4.19. The summed E-state index contributed by atoms with van der Waals surface area (Å²) in [6.07, 6.45) is 1.69. The number of hydrogen-bond acceptors (Lipinski definition) is 4. The van der Waals surface area contributed by atoms with Gasteiger partial charge in [-0.05, 0) is 25.1 Å². The number of aromatic nitrogens is 1. The van der Waals surface area contributed by atoms with E-state index < -0.39 is 12.1 Å². The molecule has 118 valence electrons. The second-order valence-corrected chi connectivity index (χ2v) is 4.73. The van der Waals surface area contributed by atoms with Gasteiger partial charge in [-0.15, -0.1) is 12.4 Å². The topological polar surface area (TPSA) is 77.2 Å². The summed E-state index contributed by atoms with van der Waals surface area (Å²) in [7, 11) is 1.60. The number of para-hydroxylation sites is 1. The van der Waals surface area contributed by atoms with Crippen molar-refractivity contribution in [2.45, 2.75) is 19.0 Å². The number of carbonyl (C=O) groups excluding carboxylic acids is 1. The third-order valence-corrected chi connectivity index (χ3v) is 3.13. The van der Waals surface area contributed by atoms with Crippen molar-refractivity contribution in [2.24, 2.45) is 5.73 Å². The number of ether oxygens (including phenoxy) is 1. The van der Waals surface area contributed by atoms with E-state index in [1.807, 2.05) is 42.5 Å². The smallest absolute Gasteiger partial charge is 0.237 e. The molecule has 5 nitrogen and oxygen atoms in total. The van der Waals surface area contributed by atoms with Crippen molar-refractivity contribution in [3.63, 3.8) is 0 Å². The Bertz CT molecular complexity index is 605. The van der Waals surface area contributed by atoms with Crippen molar-refractivity contribution in [2.75, 3.05) is 7.11 Å². The number of hydrogen-bond donors (Lipinski definition) is 2. The quantitative estimate of drug-likeness (QED) is 0.883. The summed E-state index contributed by atoms with van der Waals surface area (Å²) in [6, 6.07) is 12.1. The van der Waals surface area contributed by atoms with Crippen LogP contribution in [0.15, 0.2) is 48.7 Å². The highest BCUT2D eigenvalue weighted by Crippen LogP contribution is 2.28. The number of nitrogens with one attached hydrogen (secondary N) is 1. The Morgan fingerprint density at radius 3 is 2.50 bits per heavy atom. The van der Waals surface area contributed by atoms with Crippen molar-refractivity contribution in [1.82, 2.24) is 10.3 Å². The van der Waals surface area contributed by atoms with Crippen LogP contribution >= 0.6 is 12.4 Å². The van der Waals surface area contributed by atoms with Crippen LogP contribution in [0, 0.1) is 0 Å². The Labute approximate surface area is 136 Å². The normalized spacial score (nSPS) is 12.7. The number of nitrogens with two attached hydrogens (primary N) is 1. The Hall–Kier alpha value is -2.11. The minimum atomic E-state index is -0.592. The van der Waals surface area contributed by atoms with Gasteiger partial charge in [0.15, 0.2) is 0 Å². The molecule has 2 unspecified atom stereocenters. The summed E-state index contributed by atoms with van der Waals surface area (Å²) >= 11 is 0. The number of halogens is 1. The number of pyridine rings is 1. The van der Waals surface area contributed by atoms with Crippen LogP contribution < -0.4 is 15.8 Å². The molecule has 6 heteroatoms. The lowest BCUT2D eigenvalue weighted by atomic mass is 10.0. The zero-order valence-corrected chi connectivity index (χ0v) is 13.3. The zero-order valence-electron chi connectivity index (χ0n) is 12.5. The fourth-order valence-corrected chi connectivity index (χ4v) is 2.04. The Kier molecular flexibility index (Phi) is 6.82. The molecule has 0 radical (unpaired) electrons. The molecule has 0 saturated heterocycles. The van der Waals surface area contributed by atoms with Crippen LogP contribution in [0.2, 0.25) is 0 Å². The Morgan fingerprint density at radius 1 is 1.23 bits per heavy atom. The largest absolute Gasteiger partial charge is 0.496 e. The fraction of sp³-hybridized carbons (Fsp3) is 0.250. The molecule has 2 atom stereocenters. The lowest BCUT2D eigenvalue weighted by Gasteiger charge is -2.21. The molecule has 0 aliphatic carbocycles. The van der Waals surface area contributed by atoms with E-state index >= 15 is 0 Å². The molecule has 2 aromatic rings. The van der Waals surface area contributed by atoms with Crippen molar-refractivity contribution >= 4 is 18.3 Å². The molecule has 3 N–H and O–H groups in total. The first-order valence-corrected chi connectivity index (χ1v) is 6.73. The van der Waals surface area contributed by atoms with Gasteiger partial charge < -0.3 is 15.8 Å².